The summed E-state index contributed by atoms with van der Waals surface area (Å²) in [4.78, 5) is 16.3. The van der Waals surface area contributed by atoms with Crippen molar-refractivity contribution >= 4 is 17.2 Å². The van der Waals surface area contributed by atoms with Gasteiger partial charge < -0.3 is 5.32 Å². The van der Waals surface area contributed by atoms with Gasteiger partial charge in [0.15, 0.2) is 0 Å². The van der Waals surface area contributed by atoms with Crippen LogP contribution in [0.3, 0.4) is 0 Å². The van der Waals surface area contributed by atoms with Crippen molar-refractivity contribution in [3.63, 3.8) is 0 Å². The Morgan fingerprint density at radius 2 is 2.10 bits per heavy atom. The highest BCUT2D eigenvalue weighted by molar-refractivity contribution is 7.13. The van der Waals surface area contributed by atoms with Crippen LogP contribution >= 0.6 is 11.3 Å². The van der Waals surface area contributed by atoms with Gasteiger partial charge in [0.1, 0.15) is 5.69 Å². The number of piperidine rings is 3. The molecule has 156 valence electrons. The van der Waals surface area contributed by atoms with E-state index in [4.69, 9.17) is 5.10 Å². The predicted molar refractivity (Wildman–Crippen MR) is 121 cm³/mol. The quantitative estimate of drug-likeness (QED) is 0.677. The van der Waals surface area contributed by atoms with Gasteiger partial charge in [-0.25, -0.2) is 0 Å². The molecule has 6 heteroatoms. The minimum absolute atomic E-state index is 0.0291. The third-order valence-electron chi connectivity index (χ3n) is 6.76. The molecule has 3 aliphatic rings. The number of nitrogens with one attached hydrogen (secondary N) is 1. The Kier molecular flexibility index (Phi) is 5.21. The van der Waals surface area contributed by atoms with Crippen LogP contribution in [0.1, 0.15) is 40.4 Å². The summed E-state index contributed by atoms with van der Waals surface area (Å²) in [6, 6.07) is 14.7. The predicted octanol–water partition coefficient (Wildman–Crippen LogP) is 4.06. The Labute approximate surface area is 181 Å². The number of benzene rings is 1. The van der Waals surface area contributed by atoms with Crippen LogP contribution in [0.2, 0.25) is 0 Å². The zero-order valence-electron chi connectivity index (χ0n) is 17.5. The van der Waals surface area contributed by atoms with Gasteiger partial charge in [0.25, 0.3) is 5.91 Å². The average Bonchev–Trinajstić information content (AvgIpc) is 3.43. The molecule has 6 rings (SSSR count). The van der Waals surface area contributed by atoms with Crippen LogP contribution < -0.4 is 5.32 Å². The van der Waals surface area contributed by atoms with Crippen LogP contribution in [-0.4, -0.2) is 46.3 Å². The fraction of sp³-hybridized carbons (Fsp3) is 0.417. The topological polar surface area (TPSA) is 50.2 Å². The molecule has 1 N–H and O–H groups in total. The van der Waals surface area contributed by atoms with E-state index >= 15 is 0 Å². The zero-order chi connectivity index (χ0) is 20.7. The molecular formula is C24H28N4OS. The molecule has 1 unspecified atom stereocenters. The molecule has 3 saturated heterocycles. The molecule has 3 aromatic rings. The second-order valence-electron chi connectivity index (χ2n) is 8.67. The maximum Gasteiger partial charge on any atom is 0.251 e. The van der Waals surface area contributed by atoms with E-state index < -0.39 is 0 Å². The first-order valence-corrected chi connectivity index (χ1v) is 11.6. The molecule has 2 bridgehead atoms. The SMILES string of the molecule is Cc1ccc(C(=O)NC[C@H]2C[C@@H]3CCN2C[C@@H]3c2cc(-c3cccs3)nn2C)cc1. The van der Waals surface area contributed by atoms with E-state index in [2.05, 4.69) is 45.5 Å². The first-order chi connectivity index (χ1) is 14.6. The molecule has 1 amide bonds. The van der Waals surface area contributed by atoms with Gasteiger partial charge in [-0.3, -0.25) is 14.4 Å². The fourth-order valence-electron chi connectivity index (χ4n) is 5.08. The second kappa shape index (κ2) is 8.00. The Bertz CT molecular complexity index is 1020. The van der Waals surface area contributed by atoms with E-state index in [1.54, 1.807) is 11.3 Å². The highest BCUT2D eigenvalue weighted by Gasteiger charge is 2.41. The van der Waals surface area contributed by atoms with E-state index in [1.165, 1.54) is 22.6 Å². The molecule has 30 heavy (non-hydrogen) atoms. The number of aryl methyl sites for hydroxylation is 2. The monoisotopic (exact) mass is 420 g/mol. The van der Waals surface area contributed by atoms with Crippen molar-refractivity contribution in [1.82, 2.24) is 20.0 Å². The lowest BCUT2D eigenvalue weighted by molar-refractivity contribution is 0.0280. The smallest absolute Gasteiger partial charge is 0.251 e. The molecular weight excluding hydrogens is 392 g/mol. The van der Waals surface area contributed by atoms with Crippen LogP contribution in [0.5, 0.6) is 0 Å². The number of carbonyl (C=O) groups excluding carboxylic acids is 1. The molecule has 0 aliphatic carbocycles. The lowest BCUT2D eigenvalue weighted by atomic mass is 9.74. The number of aromatic nitrogens is 2. The first kappa shape index (κ1) is 19.5. The van der Waals surface area contributed by atoms with Crippen molar-refractivity contribution < 1.29 is 4.79 Å². The third-order valence-corrected chi connectivity index (χ3v) is 7.65. The van der Waals surface area contributed by atoms with Gasteiger partial charge in [-0.15, -0.1) is 11.3 Å². The second-order valence-corrected chi connectivity index (χ2v) is 9.62. The summed E-state index contributed by atoms with van der Waals surface area (Å²) in [6.07, 6.45) is 2.37. The summed E-state index contributed by atoms with van der Waals surface area (Å²) in [7, 11) is 2.07. The van der Waals surface area contributed by atoms with Crippen molar-refractivity contribution in [3.05, 3.63) is 64.7 Å². The van der Waals surface area contributed by atoms with Crippen LogP contribution in [0, 0.1) is 12.8 Å². The molecule has 5 nitrogen and oxygen atoms in total. The largest absolute Gasteiger partial charge is 0.350 e. The van der Waals surface area contributed by atoms with Crippen molar-refractivity contribution in [2.75, 3.05) is 19.6 Å². The van der Waals surface area contributed by atoms with Crippen molar-refractivity contribution in [1.29, 1.82) is 0 Å². The maximum absolute atomic E-state index is 12.5. The van der Waals surface area contributed by atoms with E-state index in [-0.39, 0.29) is 5.91 Å². The summed E-state index contributed by atoms with van der Waals surface area (Å²) in [6.45, 7) is 4.94. The van der Waals surface area contributed by atoms with E-state index in [1.807, 2.05) is 31.2 Å². The summed E-state index contributed by atoms with van der Waals surface area (Å²) in [5, 5.41) is 10.1. The number of hydrogen-bond acceptors (Lipinski definition) is 4. The summed E-state index contributed by atoms with van der Waals surface area (Å²) >= 11 is 1.74. The van der Waals surface area contributed by atoms with Gasteiger partial charge in [-0.2, -0.15) is 5.10 Å². The summed E-state index contributed by atoms with van der Waals surface area (Å²) in [5.41, 5.74) is 4.34. The van der Waals surface area contributed by atoms with Crippen molar-refractivity contribution in [2.45, 2.75) is 31.7 Å². The lowest BCUT2D eigenvalue weighted by Crippen LogP contribution is -2.56. The number of carbonyl (C=O) groups is 1. The number of nitrogens with zero attached hydrogens (tertiary/aromatic N) is 3. The standard InChI is InChI=1S/C24H28N4OS/c1-16-5-7-17(8-6-16)24(29)25-14-19-12-18-9-10-28(19)15-20(18)22-13-21(26-27(22)2)23-4-3-11-30-23/h3-8,11,13,18-20H,9-10,12,14-15H2,1-2H3,(H,25,29)/t18-,19+,20-/m0/s1. The lowest BCUT2D eigenvalue weighted by Gasteiger charge is -2.50. The van der Waals surface area contributed by atoms with E-state index in [0.29, 0.717) is 17.9 Å². The molecule has 3 aliphatic heterocycles. The summed E-state index contributed by atoms with van der Waals surface area (Å²) in [5.74, 6) is 1.21. The van der Waals surface area contributed by atoms with Gasteiger partial charge in [-0.1, -0.05) is 23.8 Å². The molecule has 4 atom stereocenters. The third kappa shape index (κ3) is 3.70. The Balaban J connectivity index is 1.24. The fourth-order valence-corrected chi connectivity index (χ4v) is 5.76. The van der Waals surface area contributed by atoms with E-state index in [9.17, 15) is 4.79 Å². The Morgan fingerprint density at radius 3 is 2.80 bits per heavy atom. The van der Waals surface area contributed by atoms with Crippen LogP contribution in [-0.2, 0) is 7.05 Å². The normalized spacial score (nSPS) is 25.4. The minimum atomic E-state index is 0.0291. The number of fused-ring (bicyclic) bond motifs is 3. The van der Waals surface area contributed by atoms with Gasteiger partial charge >= 0.3 is 0 Å². The molecule has 5 heterocycles. The Hall–Kier alpha value is -2.44. The van der Waals surface area contributed by atoms with Crippen LogP contribution in [0.25, 0.3) is 10.6 Å². The number of rotatable bonds is 5. The van der Waals surface area contributed by atoms with Crippen molar-refractivity contribution in [3.8, 4) is 10.6 Å². The molecule has 0 spiro atoms. The van der Waals surface area contributed by atoms with Crippen LogP contribution in [0.15, 0.2) is 47.8 Å². The molecule has 0 saturated carbocycles. The van der Waals surface area contributed by atoms with Crippen LogP contribution in [0.4, 0.5) is 0 Å². The first-order valence-electron chi connectivity index (χ1n) is 10.7. The van der Waals surface area contributed by atoms with Gasteiger partial charge in [0, 0.05) is 43.4 Å². The molecule has 2 aromatic heterocycles. The maximum atomic E-state index is 12.5. The minimum Gasteiger partial charge on any atom is -0.350 e. The molecule has 1 aromatic carbocycles. The van der Waals surface area contributed by atoms with Gasteiger partial charge in [-0.05, 0) is 61.9 Å². The molecule has 3 fully saturated rings. The highest BCUT2D eigenvalue weighted by atomic mass is 32.1. The number of hydrogen-bond donors (Lipinski definition) is 1. The van der Waals surface area contributed by atoms with Gasteiger partial charge in [0.05, 0.1) is 4.88 Å². The molecule has 0 radical (unpaired) electrons. The van der Waals surface area contributed by atoms with Crippen molar-refractivity contribution in [2.24, 2.45) is 13.0 Å². The zero-order valence-corrected chi connectivity index (χ0v) is 18.4. The summed E-state index contributed by atoms with van der Waals surface area (Å²) < 4.78 is 2.08. The Morgan fingerprint density at radius 1 is 1.27 bits per heavy atom. The van der Waals surface area contributed by atoms with Gasteiger partial charge in [0.2, 0.25) is 0 Å². The number of amides is 1. The average molecular weight is 421 g/mol. The number of thiophene rings is 1. The van der Waals surface area contributed by atoms with E-state index in [0.717, 1.165) is 37.3 Å². The highest BCUT2D eigenvalue weighted by Crippen LogP contribution is 2.42.